The Morgan fingerprint density at radius 1 is 1.56 bits per heavy atom. The summed E-state index contributed by atoms with van der Waals surface area (Å²) >= 11 is 0. The molecule has 1 aliphatic rings. The van der Waals surface area contributed by atoms with E-state index in [1.54, 1.807) is 12.3 Å². The standard InChI is InChI=1S/C11H14N2O3/c1-15-11(14)9-6-8(7-13-9)16-10-4-2-3-5-12-10/h2-5,8-9,13H,6-7H2,1H3. The van der Waals surface area contributed by atoms with Crippen molar-refractivity contribution in [2.75, 3.05) is 13.7 Å². The van der Waals surface area contributed by atoms with Gasteiger partial charge in [-0.25, -0.2) is 4.98 Å². The van der Waals surface area contributed by atoms with E-state index in [1.807, 2.05) is 12.1 Å². The number of hydrogen-bond donors (Lipinski definition) is 1. The van der Waals surface area contributed by atoms with Gasteiger partial charge in [0.2, 0.25) is 5.88 Å². The SMILES string of the molecule is COC(=O)C1CC(Oc2ccccn2)CN1. The van der Waals surface area contributed by atoms with Gasteiger partial charge < -0.3 is 14.8 Å². The molecule has 0 saturated carbocycles. The van der Waals surface area contributed by atoms with Crippen LogP contribution in [0.2, 0.25) is 0 Å². The van der Waals surface area contributed by atoms with Crippen LogP contribution < -0.4 is 10.1 Å². The molecule has 0 radical (unpaired) electrons. The van der Waals surface area contributed by atoms with Gasteiger partial charge in [-0.1, -0.05) is 6.07 Å². The van der Waals surface area contributed by atoms with Crippen molar-refractivity contribution in [3.63, 3.8) is 0 Å². The number of carbonyl (C=O) groups is 1. The molecule has 2 atom stereocenters. The molecule has 1 N–H and O–H groups in total. The summed E-state index contributed by atoms with van der Waals surface area (Å²) in [6.45, 7) is 0.635. The first-order valence-corrected chi connectivity index (χ1v) is 5.18. The van der Waals surface area contributed by atoms with Gasteiger partial charge in [-0.05, 0) is 6.07 Å². The summed E-state index contributed by atoms with van der Waals surface area (Å²) in [5.74, 6) is 0.340. The van der Waals surface area contributed by atoms with Gasteiger partial charge in [-0.15, -0.1) is 0 Å². The molecule has 1 aliphatic heterocycles. The zero-order chi connectivity index (χ0) is 11.4. The van der Waals surface area contributed by atoms with Gasteiger partial charge >= 0.3 is 5.97 Å². The van der Waals surface area contributed by atoms with E-state index in [9.17, 15) is 4.79 Å². The van der Waals surface area contributed by atoms with Gasteiger partial charge in [0.25, 0.3) is 0 Å². The molecule has 16 heavy (non-hydrogen) atoms. The third-order valence-corrected chi connectivity index (χ3v) is 2.50. The van der Waals surface area contributed by atoms with Crippen LogP contribution >= 0.6 is 0 Å². The number of nitrogens with one attached hydrogen (secondary N) is 1. The van der Waals surface area contributed by atoms with E-state index < -0.39 is 0 Å². The Morgan fingerprint density at radius 3 is 3.12 bits per heavy atom. The summed E-state index contributed by atoms with van der Waals surface area (Å²) in [5, 5.41) is 3.05. The topological polar surface area (TPSA) is 60.5 Å². The molecule has 86 valence electrons. The minimum Gasteiger partial charge on any atom is -0.473 e. The molecule has 5 nitrogen and oxygen atoms in total. The molecule has 1 aromatic rings. The van der Waals surface area contributed by atoms with Crippen LogP contribution in [0.1, 0.15) is 6.42 Å². The summed E-state index contributed by atoms with van der Waals surface area (Å²) in [4.78, 5) is 15.3. The second kappa shape index (κ2) is 4.94. The summed E-state index contributed by atoms with van der Waals surface area (Å²) in [6.07, 6.45) is 2.26. The molecule has 0 spiro atoms. The molecule has 0 aromatic carbocycles. The molecule has 2 rings (SSSR count). The third kappa shape index (κ3) is 2.49. The second-order valence-corrected chi connectivity index (χ2v) is 3.63. The molecular formula is C11H14N2O3. The number of ether oxygens (including phenoxy) is 2. The molecule has 0 amide bonds. The van der Waals surface area contributed by atoms with Gasteiger partial charge in [0, 0.05) is 25.2 Å². The third-order valence-electron chi connectivity index (χ3n) is 2.50. The highest BCUT2D eigenvalue weighted by Crippen LogP contribution is 2.15. The molecular weight excluding hydrogens is 208 g/mol. The van der Waals surface area contributed by atoms with E-state index >= 15 is 0 Å². The highest BCUT2D eigenvalue weighted by atomic mass is 16.5. The number of methoxy groups -OCH3 is 1. The maximum Gasteiger partial charge on any atom is 0.323 e. The van der Waals surface area contributed by atoms with E-state index in [0.717, 1.165) is 0 Å². The van der Waals surface area contributed by atoms with Crippen LogP contribution in [0.15, 0.2) is 24.4 Å². The smallest absolute Gasteiger partial charge is 0.323 e. The van der Waals surface area contributed by atoms with E-state index in [-0.39, 0.29) is 18.1 Å². The minimum atomic E-state index is -0.265. The Kier molecular flexibility index (Phi) is 3.36. The molecule has 1 fully saturated rings. The number of pyridine rings is 1. The lowest BCUT2D eigenvalue weighted by Gasteiger charge is -2.11. The second-order valence-electron chi connectivity index (χ2n) is 3.63. The van der Waals surface area contributed by atoms with Crippen molar-refractivity contribution in [2.45, 2.75) is 18.6 Å². The van der Waals surface area contributed by atoms with Gasteiger partial charge in [0.05, 0.1) is 7.11 Å². The highest BCUT2D eigenvalue weighted by Gasteiger charge is 2.31. The lowest BCUT2D eigenvalue weighted by atomic mass is 10.2. The first-order valence-electron chi connectivity index (χ1n) is 5.18. The van der Waals surface area contributed by atoms with Crippen LogP contribution in [0.4, 0.5) is 0 Å². The number of rotatable bonds is 3. The fourth-order valence-corrected chi connectivity index (χ4v) is 1.70. The summed E-state index contributed by atoms with van der Waals surface area (Å²) in [7, 11) is 1.39. The van der Waals surface area contributed by atoms with Gasteiger partial charge in [-0.2, -0.15) is 0 Å². The average molecular weight is 222 g/mol. The zero-order valence-electron chi connectivity index (χ0n) is 9.05. The molecule has 2 unspecified atom stereocenters. The number of carbonyl (C=O) groups excluding carboxylic acids is 1. The van der Waals surface area contributed by atoms with Crippen LogP contribution in [0.5, 0.6) is 5.88 Å². The van der Waals surface area contributed by atoms with Crippen molar-refractivity contribution in [1.82, 2.24) is 10.3 Å². The largest absolute Gasteiger partial charge is 0.473 e. The van der Waals surface area contributed by atoms with Crippen molar-refractivity contribution in [2.24, 2.45) is 0 Å². The summed E-state index contributed by atoms with van der Waals surface area (Å²) < 4.78 is 10.3. The van der Waals surface area contributed by atoms with E-state index in [0.29, 0.717) is 18.8 Å². The number of aromatic nitrogens is 1. The Morgan fingerprint density at radius 2 is 2.44 bits per heavy atom. The predicted molar refractivity (Wildman–Crippen MR) is 57.1 cm³/mol. The van der Waals surface area contributed by atoms with Crippen molar-refractivity contribution in [1.29, 1.82) is 0 Å². The molecule has 1 aromatic heterocycles. The number of hydrogen-bond acceptors (Lipinski definition) is 5. The van der Waals surface area contributed by atoms with Crippen LogP contribution in [-0.2, 0) is 9.53 Å². The quantitative estimate of drug-likeness (QED) is 0.748. The van der Waals surface area contributed by atoms with Crippen LogP contribution in [0, 0.1) is 0 Å². The molecule has 2 heterocycles. The average Bonchev–Trinajstić information content (AvgIpc) is 2.78. The molecule has 1 saturated heterocycles. The Balaban J connectivity index is 1.88. The van der Waals surface area contributed by atoms with Gasteiger partial charge in [0.15, 0.2) is 0 Å². The van der Waals surface area contributed by atoms with Gasteiger partial charge in [-0.3, -0.25) is 4.79 Å². The van der Waals surface area contributed by atoms with E-state index in [1.165, 1.54) is 7.11 Å². The Labute approximate surface area is 93.8 Å². The fourth-order valence-electron chi connectivity index (χ4n) is 1.70. The Bertz CT molecular complexity index is 356. The number of nitrogens with zero attached hydrogens (tertiary/aromatic N) is 1. The van der Waals surface area contributed by atoms with Crippen LogP contribution in [0.25, 0.3) is 0 Å². The van der Waals surface area contributed by atoms with Crippen LogP contribution in [-0.4, -0.2) is 36.8 Å². The van der Waals surface area contributed by atoms with Crippen molar-refractivity contribution < 1.29 is 14.3 Å². The minimum absolute atomic E-state index is 0.0287. The van der Waals surface area contributed by atoms with E-state index in [4.69, 9.17) is 4.74 Å². The lowest BCUT2D eigenvalue weighted by Crippen LogP contribution is -2.31. The molecule has 0 bridgehead atoms. The van der Waals surface area contributed by atoms with Crippen molar-refractivity contribution in [3.8, 4) is 5.88 Å². The van der Waals surface area contributed by atoms with Crippen molar-refractivity contribution in [3.05, 3.63) is 24.4 Å². The summed E-state index contributed by atoms with van der Waals surface area (Å²) in [5.41, 5.74) is 0. The predicted octanol–water partition coefficient (Wildman–Crippen LogP) is 0.364. The van der Waals surface area contributed by atoms with Crippen LogP contribution in [0.3, 0.4) is 0 Å². The van der Waals surface area contributed by atoms with Crippen molar-refractivity contribution >= 4 is 5.97 Å². The number of esters is 1. The first kappa shape index (κ1) is 10.9. The maximum atomic E-state index is 11.3. The lowest BCUT2D eigenvalue weighted by molar-refractivity contribution is -0.142. The maximum absolute atomic E-state index is 11.3. The monoisotopic (exact) mass is 222 g/mol. The summed E-state index contributed by atoms with van der Waals surface area (Å²) in [6, 6.07) is 5.23. The highest BCUT2D eigenvalue weighted by molar-refractivity contribution is 5.76. The molecule has 0 aliphatic carbocycles. The van der Waals surface area contributed by atoms with E-state index in [2.05, 4.69) is 15.0 Å². The van der Waals surface area contributed by atoms with Gasteiger partial charge in [0.1, 0.15) is 12.1 Å². The first-order chi connectivity index (χ1) is 7.79. The normalized spacial score (nSPS) is 24.1. The Hall–Kier alpha value is -1.62. The zero-order valence-corrected chi connectivity index (χ0v) is 9.05. The fraction of sp³-hybridized carbons (Fsp3) is 0.455. The molecule has 5 heteroatoms.